The average Bonchev–Trinajstić information content (AvgIpc) is 2.66. The Hall–Kier alpha value is -1.97. The summed E-state index contributed by atoms with van der Waals surface area (Å²) in [6.45, 7) is 12.5. The highest BCUT2D eigenvalue weighted by molar-refractivity contribution is 8.13. The molecule has 0 aliphatic heterocycles. The van der Waals surface area contributed by atoms with Crippen LogP contribution in [0.25, 0.3) is 0 Å². The smallest absolute Gasteiger partial charge is 0.407 e. The Bertz CT molecular complexity index is 608. The topological polar surface area (TPSA) is 117 Å². The van der Waals surface area contributed by atoms with E-state index in [0.717, 1.165) is 6.42 Å². The number of thioether (sulfide) groups is 1. The Morgan fingerprint density at radius 2 is 1.69 bits per heavy atom. The minimum atomic E-state index is -0.670. The van der Waals surface area contributed by atoms with E-state index in [2.05, 4.69) is 29.8 Å². The average molecular weight is 475 g/mol. The number of ether oxygens (including phenoxy) is 1. The van der Waals surface area contributed by atoms with Gasteiger partial charge < -0.3 is 25.6 Å². The van der Waals surface area contributed by atoms with Crippen molar-refractivity contribution in [2.75, 3.05) is 32.4 Å². The van der Waals surface area contributed by atoms with Gasteiger partial charge in [-0.2, -0.15) is 0 Å². The fourth-order valence-corrected chi connectivity index (χ4v) is 3.29. The van der Waals surface area contributed by atoms with Gasteiger partial charge >= 0.3 is 12.1 Å². The molecule has 4 amide bonds. The summed E-state index contributed by atoms with van der Waals surface area (Å²) in [5.41, 5.74) is -0.553. The molecule has 10 heteroatoms. The van der Waals surface area contributed by atoms with Crippen LogP contribution in [0.1, 0.15) is 67.2 Å². The zero-order valence-electron chi connectivity index (χ0n) is 20.7. The number of alkyl carbamates (subject to hydrolysis) is 1. The number of nitrogens with one attached hydrogen (secondary N) is 3. The molecule has 0 radical (unpaired) electrons. The summed E-state index contributed by atoms with van der Waals surface area (Å²) in [5, 5.41) is 8.12. The van der Waals surface area contributed by atoms with Gasteiger partial charge in [-0.05, 0) is 52.4 Å². The molecule has 0 unspecified atom stereocenters. The summed E-state index contributed by atoms with van der Waals surface area (Å²) in [6, 6.07) is -0.980. The summed E-state index contributed by atoms with van der Waals surface area (Å²) >= 11 is 1.18. The molecule has 0 bridgehead atoms. The summed E-state index contributed by atoms with van der Waals surface area (Å²) in [4.78, 5) is 49.7. The van der Waals surface area contributed by atoms with Gasteiger partial charge in [0.1, 0.15) is 11.6 Å². The number of unbranched alkanes of at least 4 members (excludes halogenated alkanes) is 1. The molecule has 9 nitrogen and oxygen atoms in total. The number of carbonyl (C=O) groups is 4. The van der Waals surface area contributed by atoms with E-state index in [1.54, 1.807) is 25.7 Å². The highest BCUT2D eigenvalue weighted by Crippen LogP contribution is 2.09. The molecule has 32 heavy (non-hydrogen) atoms. The van der Waals surface area contributed by atoms with Crippen LogP contribution >= 0.6 is 11.8 Å². The maximum absolute atomic E-state index is 12.8. The van der Waals surface area contributed by atoms with Gasteiger partial charge in [-0.15, -0.1) is 0 Å². The zero-order chi connectivity index (χ0) is 24.7. The molecule has 0 saturated carbocycles. The lowest BCUT2D eigenvalue weighted by Crippen LogP contribution is -2.51. The van der Waals surface area contributed by atoms with Gasteiger partial charge in [0.05, 0.1) is 0 Å². The standard InChI is InChI=1S/C22H42N4O5S/c1-16(2)11-13-26(14-15-32-17(3)27)20(29)25-18(19(28)23-7)10-8-9-12-24-21(30)31-22(4,5)6/h16,18H,8-15H2,1-7H3,(H,23,28)(H,24,30)(H,25,29)/t18-/m0/s1. The molecular weight excluding hydrogens is 432 g/mol. The first kappa shape index (κ1) is 30.0. The Morgan fingerprint density at radius 3 is 2.22 bits per heavy atom. The molecular formula is C22H42N4O5S. The molecule has 0 saturated heterocycles. The van der Waals surface area contributed by atoms with Crippen molar-refractivity contribution in [3.63, 3.8) is 0 Å². The van der Waals surface area contributed by atoms with Gasteiger partial charge in [0, 0.05) is 39.4 Å². The Kier molecular flexibility index (Phi) is 14.8. The number of urea groups is 1. The third kappa shape index (κ3) is 15.8. The predicted octanol–water partition coefficient (Wildman–Crippen LogP) is 3.13. The molecule has 0 aromatic rings. The highest BCUT2D eigenvalue weighted by atomic mass is 32.2. The van der Waals surface area contributed by atoms with Crippen LogP contribution in [0.2, 0.25) is 0 Å². The van der Waals surface area contributed by atoms with Gasteiger partial charge in [0.15, 0.2) is 5.12 Å². The molecule has 0 aliphatic carbocycles. The van der Waals surface area contributed by atoms with Crippen molar-refractivity contribution in [2.24, 2.45) is 5.92 Å². The molecule has 0 spiro atoms. The maximum atomic E-state index is 12.8. The van der Waals surface area contributed by atoms with Crippen LogP contribution in [-0.4, -0.2) is 72.1 Å². The van der Waals surface area contributed by atoms with Crippen molar-refractivity contribution >= 4 is 34.9 Å². The van der Waals surface area contributed by atoms with Gasteiger partial charge in [0.2, 0.25) is 5.91 Å². The monoisotopic (exact) mass is 474 g/mol. The highest BCUT2D eigenvalue weighted by Gasteiger charge is 2.23. The Balaban J connectivity index is 4.71. The van der Waals surface area contributed by atoms with E-state index in [9.17, 15) is 19.2 Å². The third-order valence-electron chi connectivity index (χ3n) is 4.38. The number of hydrogen-bond acceptors (Lipinski definition) is 6. The summed E-state index contributed by atoms with van der Waals surface area (Å²) in [7, 11) is 1.53. The fourth-order valence-electron chi connectivity index (χ4n) is 2.69. The fraction of sp³-hybridized carbons (Fsp3) is 0.818. The number of hydrogen-bond donors (Lipinski definition) is 3. The van der Waals surface area contributed by atoms with Crippen LogP contribution in [0.4, 0.5) is 9.59 Å². The summed E-state index contributed by atoms with van der Waals surface area (Å²) in [5.74, 6) is 0.681. The number of amides is 4. The van der Waals surface area contributed by atoms with Crippen LogP contribution in [0.15, 0.2) is 0 Å². The van der Waals surface area contributed by atoms with Gasteiger partial charge in [-0.25, -0.2) is 9.59 Å². The van der Waals surface area contributed by atoms with Crippen molar-refractivity contribution in [2.45, 2.75) is 78.9 Å². The first-order valence-corrected chi connectivity index (χ1v) is 12.2. The molecule has 0 aromatic heterocycles. The second kappa shape index (κ2) is 15.8. The van der Waals surface area contributed by atoms with E-state index in [4.69, 9.17) is 4.74 Å². The summed E-state index contributed by atoms with van der Waals surface area (Å²) in [6.07, 6.45) is 2.09. The van der Waals surface area contributed by atoms with Crippen LogP contribution in [0.3, 0.4) is 0 Å². The molecule has 0 fully saturated rings. The van der Waals surface area contributed by atoms with E-state index < -0.39 is 17.7 Å². The third-order valence-corrected chi connectivity index (χ3v) is 5.17. The molecule has 1 atom stereocenters. The molecule has 3 N–H and O–H groups in total. The molecule has 0 heterocycles. The van der Waals surface area contributed by atoms with Crippen molar-refractivity contribution in [1.82, 2.24) is 20.9 Å². The van der Waals surface area contributed by atoms with Crippen LogP contribution < -0.4 is 16.0 Å². The van der Waals surface area contributed by atoms with E-state index >= 15 is 0 Å². The quantitative estimate of drug-likeness (QED) is 0.353. The van der Waals surface area contributed by atoms with E-state index in [0.29, 0.717) is 50.6 Å². The lowest BCUT2D eigenvalue weighted by molar-refractivity contribution is -0.122. The Morgan fingerprint density at radius 1 is 1.03 bits per heavy atom. The number of nitrogens with zero attached hydrogens (tertiary/aromatic N) is 1. The number of carbonyl (C=O) groups excluding carboxylic acids is 4. The molecule has 186 valence electrons. The molecule has 0 rings (SSSR count). The largest absolute Gasteiger partial charge is 0.444 e. The first-order valence-electron chi connectivity index (χ1n) is 11.2. The normalized spacial score (nSPS) is 12.1. The van der Waals surface area contributed by atoms with E-state index in [1.165, 1.54) is 25.7 Å². The minimum absolute atomic E-state index is 0.0115. The Labute approximate surface area is 197 Å². The van der Waals surface area contributed by atoms with E-state index in [1.807, 2.05) is 0 Å². The van der Waals surface area contributed by atoms with Gasteiger partial charge in [0.25, 0.3) is 0 Å². The zero-order valence-corrected chi connectivity index (χ0v) is 21.5. The minimum Gasteiger partial charge on any atom is -0.444 e. The van der Waals surface area contributed by atoms with Gasteiger partial charge in [-0.1, -0.05) is 25.6 Å². The molecule has 0 aromatic carbocycles. The van der Waals surface area contributed by atoms with Crippen LogP contribution in [0, 0.1) is 5.92 Å². The SMILES string of the molecule is CNC(=O)[C@H](CCCCNC(=O)OC(C)(C)C)NC(=O)N(CCSC(C)=O)CCC(C)C. The predicted molar refractivity (Wildman–Crippen MR) is 129 cm³/mol. The maximum Gasteiger partial charge on any atom is 0.407 e. The van der Waals surface area contributed by atoms with Crippen molar-refractivity contribution in [3.05, 3.63) is 0 Å². The molecule has 0 aliphatic rings. The van der Waals surface area contributed by atoms with Crippen molar-refractivity contribution in [3.8, 4) is 0 Å². The van der Waals surface area contributed by atoms with Gasteiger partial charge in [-0.3, -0.25) is 9.59 Å². The number of rotatable bonds is 13. The summed E-state index contributed by atoms with van der Waals surface area (Å²) < 4.78 is 5.19. The second-order valence-corrected chi connectivity index (χ2v) is 10.3. The van der Waals surface area contributed by atoms with Crippen molar-refractivity contribution < 1.29 is 23.9 Å². The van der Waals surface area contributed by atoms with Crippen LogP contribution in [0.5, 0.6) is 0 Å². The first-order chi connectivity index (χ1) is 14.9. The van der Waals surface area contributed by atoms with E-state index in [-0.39, 0.29) is 17.1 Å². The lowest BCUT2D eigenvalue weighted by atomic mass is 10.1. The lowest BCUT2D eigenvalue weighted by Gasteiger charge is -2.26. The second-order valence-electron chi connectivity index (χ2n) is 9.05. The van der Waals surface area contributed by atoms with Crippen LogP contribution in [-0.2, 0) is 14.3 Å². The number of likely N-dealkylation sites (N-methyl/N-ethyl adjacent to an activating group) is 1. The van der Waals surface area contributed by atoms with Crippen molar-refractivity contribution in [1.29, 1.82) is 0 Å².